The molecule has 2 N–H and O–H groups in total. The van der Waals surface area contributed by atoms with Crippen molar-refractivity contribution >= 4 is 22.7 Å². The van der Waals surface area contributed by atoms with Gasteiger partial charge in [-0.3, -0.25) is 4.79 Å². The van der Waals surface area contributed by atoms with Crippen molar-refractivity contribution in [1.29, 1.82) is 0 Å². The molecule has 0 aromatic carbocycles. The summed E-state index contributed by atoms with van der Waals surface area (Å²) in [6.45, 7) is 7.80. The minimum absolute atomic E-state index is 0.158. The van der Waals surface area contributed by atoms with Gasteiger partial charge in [0, 0.05) is 31.5 Å². The van der Waals surface area contributed by atoms with Gasteiger partial charge in [0.25, 0.3) is 5.56 Å². The number of aromatic amines is 1. The third-order valence-corrected chi connectivity index (χ3v) is 4.75. The minimum Gasteiger partial charge on any atom is -0.365 e. The highest BCUT2D eigenvalue weighted by atomic mass is 16.1. The predicted octanol–water partition coefficient (Wildman–Crippen LogP) is 1.75. The molecule has 1 aliphatic rings. The number of nitrogens with one attached hydrogen (secondary N) is 2. The lowest BCUT2D eigenvalue weighted by atomic mass is 10.1. The van der Waals surface area contributed by atoms with E-state index in [2.05, 4.69) is 51.1 Å². The molecular weight excluding hydrogens is 344 g/mol. The number of anilines is 2. The average molecular weight is 368 g/mol. The lowest BCUT2D eigenvalue weighted by molar-refractivity contribution is 0.366. The van der Waals surface area contributed by atoms with Gasteiger partial charge in [0.05, 0.1) is 17.1 Å². The van der Waals surface area contributed by atoms with Crippen LogP contribution in [0.1, 0.15) is 33.6 Å². The van der Waals surface area contributed by atoms with Gasteiger partial charge in [-0.05, 0) is 33.6 Å². The van der Waals surface area contributed by atoms with Crippen LogP contribution in [0.15, 0.2) is 29.7 Å². The first-order valence-corrected chi connectivity index (χ1v) is 9.18. The van der Waals surface area contributed by atoms with Gasteiger partial charge < -0.3 is 15.2 Å². The Morgan fingerprint density at radius 3 is 2.89 bits per heavy atom. The van der Waals surface area contributed by atoms with Gasteiger partial charge in [-0.2, -0.15) is 5.10 Å². The van der Waals surface area contributed by atoms with Crippen LogP contribution in [-0.4, -0.2) is 48.8 Å². The molecule has 3 aromatic rings. The van der Waals surface area contributed by atoms with E-state index in [1.165, 1.54) is 0 Å². The monoisotopic (exact) mass is 368 g/mol. The van der Waals surface area contributed by atoms with E-state index in [0.29, 0.717) is 12.4 Å². The summed E-state index contributed by atoms with van der Waals surface area (Å²) in [5, 5.41) is 8.93. The molecule has 4 rings (SSSR count). The molecule has 3 aromatic heterocycles. The van der Waals surface area contributed by atoms with Crippen molar-refractivity contribution in [3.05, 3.63) is 35.3 Å². The first-order valence-electron chi connectivity index (χ1n) is 9.18. The van der Waals surface area contributed by atoms with Crippen molar-refractivity contribution in [2.24, 2.45) is 0 Å². The largest absolute Gasteiger partial charge is 0.365 e. The summed E-state index contributed by atoms with van der Waals surface area (Å²) >= 11 is 0. The molecule has 0 unspecified atom stereocenters. The third-order valence-electron chi connectivity index (χ3n) is 4.75. The molecule has 1 fully saturated rings. The van der Waals surface area contributed by atoms with E-state index in [4.69, 9.17) is 0 Å². The fraction of sp³-hybridized carbons (Fsp3) is 0.500. The van der Waals surface area contributed by atoms with E-state index in [9.17, 15) is 4.79 Å². The molecule has 1 saturated heterocycles. The fourth-order valence-electron chi connectivity index (χ4n) is 3.50. The lowest BCUT2D eigenvalue weighted by Crippen LogP contribution is -2.44. The van der Waals surface area contributed by atoms with Crippen molar-refractivity contribution < 1.29 is 0 Å². The van der Waals surface area contributed by atoms with Crippen LogP contribution in [-0.2, 0) is 5.54 Å². The van der Waals surface area contributed by atoms with E-state index in [1.54, 1.807) is 18.7 Å². The molecule has 1 atom stereocenters. The SMILES string of the molecule is CC(C)(C)n1ncc2c(N[C@H]3CCCN(c4ncc[nH]c4=O)C3)ncnc21. The normalized spacial score (nSPS) is 18.0. The van der Waals surface area contributed by atoms with E-state index < -0.39 is 0 Å². The Balaban J connectivity index is 1.58. The topological polar surface area (TPSA) is 105 Å². The van der Waals surface area contributed by atoms with Gasteiger partial charge in [0.15, 0.2) is 11.5 Å². The number of hydrogen-bond donors (Lipinski definition) is 2. The second-order valence-corrected chi connectivity index (χ2v) is 7.86. The third kappa shape index (κ3) is 3.36. The summed E-state index contributed by atoms with van der Waals surface area (Å²) in [6.07, 6.45) is 8.52. The number of nitrogens with zero attached hydrogens (tertiary/aromatic N) is 6. The fourth-order valence-corrected chi connectivity index (χ4v) is 3.50. The summed E-state index contributed by atoms with van der Waals surface area (Å²) in [7, 11) is 0. The molecule has 9 heteroatoms. The number of H-pyrrole nitrogens is 1. The summed E-state index contributed by atoms with van der Waals surface area (Å²) < 4.78 is 1.91. The van der Waals surface area contributed by atoms with Crippen molar-refractivity contribution in [2.75, 3.05) is 23.3 Å². The van der Waals surface area contributed by atoms with Crippen molar-refractivity contribution in [3.63, 3.8) is 0 Å². The highest BCUT2D eigenvalue weighted by Crippen LogP contribution is 2.25. The van der Waals surface area contributed by atoms with Gasteiger partial charge in [-0.1, -0.05) is 0 Å². The number of aromatic nitrogens is 6. The van der Waals surface area contributed by atoms with Crippen LogP contribution in [0.2, 0.25) is 0 Å². The zero-order valence-electron chi connectivity index (χ0n) is 15.8. The van der Waals surface area contributed by atoms with E-state index >= 15 is 0 Å². The Morgan fingerprint density at radius 2 is 2.11 bits per heavy atom. The van der Waals surface area contributed by atoms with Gasteiger partial charge in [-0.25, -0.2) is 19.6 Å². The van der Waals surface area contributed by atoms with Crippen LogP contribution in [0.3, 0.4) is 0 Å². The molecule has 9 nitrogen and oxygen atoms in total. The maximum atomic E-state index is 12.0. The van der Waals surface area contributed by atoms with E-state index in [0.717, 1.165) is 36.2 Å². The molecular formula is C18H24N8O. The second kappa shape index (κ2) is 6.64. The van der Waals surface area contributed by atoms with Crippen molar-refractivity contribution in [2.45, 2.75) is 45.2 Å². The molecule has 142 valence electrons. The molecule has 4 heterocycles. The Kier molecular flexibility index (Phi) is 4.29. The zero-order valence-corrected chi connectivity index (χ0v) is 15.8. The highest BCUT2D eigenvalue weighted by Gasteiger charge is 2.25. The summed E-state index contributed by atoms with van der Waals surface area (Å²) in [5.74, 6) is 1.25. The average Bonchev–Trinajstić information content (AvgIpc) is 3.08. The Morgan fingerprint density at radius 1 is 1.26 bits per heavy atom. The smallest absolute Gasteiger partial charge is 0.290 e. The molecule has 0 bridgehead atoms. The predicted molar refractivity (Wildman–Crippen MR) is 104 cm³/mol. The maximum absolute atomic E-state index is 12.0. The van der Waals surface area contributed by atoms with Crippen LogP contribution in [0.5, 0.6) is 0 Å². The molecule has 0 saturated carbocycles. The van der Waals surface area contributed by atoms with Gasteiger partial charge >= 0.3 is 0 Å². The molecule has 0 radical (unpaired) electrons. The molecule has 27 heavy (non-hydrogen) atoms. The van der Waals surface area contributed by atoms with Crippen LogP contribution in [0.25, 0.3) is 11.0 Å². The zero-order chi connectivity index (χ0) is 19.0. The number of fused-ring (bicyclic) bond motifs is 1. The van der Waals surface area contributed by atoms with Gasteiger partial charge in [-0.15, -0.1) is 0 Å². The Hall–Kier alpha value is -2.97. The van der Waals surface area contributed by atoms with Crippen LogP contribution in [0, 0.1) is 0 Å². The summed E-state index contributed by atoms with van der Waals surface area (Å²) in [5.41, 5.74) is 0.498. The van der Waals surface area contributed by atoms with Crippen LogP contribution in [0.4, 0.5) is 11.6 Å². The number of hydrogen-bond acceptors (Lipinski definition) is 7. The lowest BCUT2D eigenvalue weighted by Gasteiger charge is -2.33. The molecule has 0 spiro atoms. The Labute approximate surface area is 156 Å². The van der Waals surface area contributed by atoms with Gasteiger partial charge in [0.1, 0.15) is 12.1 Å². The van der Waals surface area contributed by atoms with Crippen molar-refractivity contribution in [3.8, 4) is 0 Å². The molecule has 0 aliphatic carbocycles. The number of piperidine rings is 1. The van der Waals surface area contributed by atoms with Gasteiger partial charge in [0.2, 0.25) is 0 Å². The first kappa shape index (κ1) is 17.4. The van der Waals surface area contributed by atoms with Crippen LogP contribution >= 0.6 is 0 Å². The molecule has 0 amide bonds. The number of rotatable bonds is 3. The van der Waals surface area contributed by atoms with Crippen LogP contribution < -0.4 is 15.8 Å². The summed E-state index contributed by atoms with van der Waals surface area (Å²) in [6, 6.07) is 0.163. The highest BCUT2D eigenvalue weighted by molar-refractivity contribution is 5.86. The first-order chi connectivity index (χ1) is 12.9. The molecule has 1 aliphatic heterocycles. The second-order valence-electron chi connectivity index (χ2n) is 7.86. The standard InChI is InChI=1S/C18H24N8O/c1-18(2,3)26-15-13(9-23-26)14(21-11-22-15)24-12-5-4-8-25(10-12)16-17(27)20-7-6-19-16/h6-7,9,11-12H,4-5,8,10H2,1-3H3,(H,20,27)(H,21,22,24)/t12-/m0/s1. The quantitative estimate of drug-likeness (QED) is 0.725. The van der Waals surface area contributed by atoms with E-state index in [1.807, 2.05) is 15.8 Å². The Bertz CT molecular complexity index is 1000. The summed E-state index contributed by atoms with van der Waals surface area (Å²) in [4.78, 5) is 29.9. The van der Waals surface area contributed by atoms with Crippen molar-refractivity contribution in [1.82, 2.24) is 29.7 Å². The minimum atomic E-state index is -0.158. The maximum Gasteiger partial charge on any atom is 0.290 e. The van der Waals surface area contributed by atoms with E-state index in [-0.39, 0.29) is 17.1 Å².